The van der Waals surface area contributed by atoms with Crippen LogP contribution in [0.3, 0.4) is 0 Å². The Kier molecular flexibility index (Phi) is 5.38. The lowest BCUT2D eigenvalue weighted by Crippen LogP contribution is -2.31. The van der Waals surface area contributed by atoms with E-state index in [0.29, 0.717) is 0 Å². The number of imide groups is 1. The van der Waals surface area contributed by atoms with E-state index in [1.54, 1.807) is 5.32 Å². The van der Waals surface area contributed by atoms with Crippen molar-refractivity contribution in [3.63, 3.8) is 0 Å². The summed E-state index contributed by atoms with van der Waals surface area (Å²) in [5, 5.41) is 19.0. The quantitative estimate of drug-likeness (QED) is 0.582. The zero-order chi connectivity index (χ0) is 13.6. The predicted octanol–water partition coefficient (Wildman–Crippen LogP) is -0.255. The largest absolute Gasteiger partial charge is 0.478 e. The molecule has 8 heteroatoms. The van der Waals surface area contributed by atoms with Crippen LogP contribution in [0.2, 0.25) is 0 Å². The molecule has 3 N–H and O–H groups in total. The van der Waals surface area contributed by atoms with Crippen LogP contribution in [0.4, 0.5) is 4.79 Å². The maximum absolute atomic E-state index is 11.2. The van der Waals surface area contributed by atoms with E-state index < -0.39 is 41.5 Å². The van der Waals surface area contributed by atoms with Gasteiger partial charge in [0.25, 0.3) is 0 Å². The fraction of sp³-hybridized carbons (Fsp3) is 0.333. The highest BCUT2D eigenvalue weighted by Gasteiger charge is 2.20. The molecular formula is C9H11NO7. The van der Waals surface area contributed by atoms with Crippen LogP contribution in [0.1, 0.15) is 13.3 Å². The highest BCUT2D eigenvalue weighted by molar-refractivity contribution is 6.03. The normalized spacial score (nSPS) is 11.2. The van der Waals surface area contributed by atoms with Gasteiger partial charge in [-0.1, -0.05) is 0 Å². The molecule has 0 unspecified atom stereocenters. The van der Waals surface area contributed by atoms with Crippen molar-refractivity contribution in [2.45, 2.75) is 13.3 Å². The Morgan fingerprint density at radius 1 is 1.12 bits per heavy atom. The summed E-state index contributed by atoms with van der Waals surface area (Å²) in [6.07, 6.45) is -1.78. The average molecular weight is 245 g/mol. The second-order valence-electron chi connectivity index (χ2n) is 2.93. The van der Waals surface area contributed by atoms with Crippen LogP contribution in [0.15, 0.2) is 11.1 Å². The Balaban J connectivity index is 4.87. The fourth-order valence-corrected chi connectivity index (χ4v) is 0.867. The van der Waals surface area contributed by atoms with Crippen molar-refractivity contribution in [1.29, 1.82) is 0 Å². The van der Waals surface area contributed by atoms with Crippen LogP contribution >= 0.6 is 0 Å². The van der Waals surface area contributed by atoms with Crippen molar-refractivity contribution in [3.05, 3.63) is 11.1 Å². The van der Waals surface area contributed by atoms with Crippen molar-refractivity contribution in [1.82, 2.24) is 5.32 Å². The van der Waals surface area contributed by atoms with Gasteiger partial charge in [-0.2, -0.15) is 0 Å². The van der Waals surface area contributed by atoms with Gasteiger partial charge in [0, 0.05) is 5.57 Å². The Hall–Kier alpha value is -2.38. The minimum absolute atomic E-state index is 0.475. The maximum Gasteiger partial charge on any atom is 0.413 e. The number of alkyl carbamates (subject to hydrolysis) is 1. The molecule has 0 aliphatic heterocycles. The van der Waals surface area contributed by atoms with Crippen LogP contribution < -0.4 is 5.32 Å². The summed E-state index contributed by atoms with van der Waals surface area (Å²) in [6.45, 7) is 1.05. The molecule has 0 radical (unpaired) electrons. The Morgan fingerprint density at radius 3 is 2.00 bits per heavy atom. The summed E-state index contributed by atoms with van der Waals surface area (Å²) in [4.78, 5) is 43.1. The van der Waals surface area contributed by atoms with Crippen molar-refractivity contribution >= 4 is 23.9 Å². The number of carboxylic acids is 2. The Bertz CT molecular complexity index is 396. The monoisotopic (exact) mass is 245 g/mol. The number of amides is 2. The molecule has 0 bridgehead atoms. The second-order valence-corrected chi connectivity index (χ2v) is 2.93. The highest BCUT2D eigenvalue weighted by atomic mass is 16.5. The molecule has 0 fully saturated rings. The zero-order valence-electron chi connectivity index (χ0n) is 9.14. The van der Waals surface area contributed by atoms with Gasteiger partial charge in [0.2, 0.25) is 5.91 Å². The number of carbonyl (C=O) groups excluding carboxylic acids is 2. The number of nitrogens with one attached hydrogen (secondary N) is 1. The van der Waals surface area contributed by atoms with Crippen LogP contribution in [0.25, 0.3) is 0 Å². The van der Waals surface area contributed by atoms with E-state index in [1.807, 2.05) is 0 Å². The molecule has 0 rings (SSSR count). The molecular weight excluding hydrogens is 234 g/mol. The number of hydrogen-bond acceptors (Lipinski definition) is 5. The van der Waals surface area contributed by atoms with Gasteiger partial charge < -0.3 is 14.9 Å². The van der Waals surface area contributed by atoms with E-state index in [-0.39, 0.29) is 0 Å². The number of ether oxygens (including phenoxy) is 1. The smallest absolute Gasteiger partial charge is 0.413 e. The first-order chi connectivity index (χ1) is 7.79. The molecule has 0 saturated heterocycles. The molecule has 0 aliphatic carbocycles. The van der Waals surface area contributed by atoms with Crippen LogP contribution in [-0.4, -0.2) is 41.3 Å². The molecule has 0 aliphatic rings. The number of hydrogen-bond donors (Lipinski definition) is 3. The summed E-state index contributed by atoms with van der Waals surface area (Å²) in [7, 11) is 1.03. The average Bonchev–Trinajstić information content (AvgIpc) is 2.24. The molecule has 94 valence electrons. The number of carbonyl (C=O) groups is 4. The lowest BCUT2D eigenvalue weighted by molar-refractivity contribution is -0.136. The molecule has 17 heavy (non-hydrogen) atoms. The lowest BCUT2D eigenvalue weighted by atomic mass is 10.1. The van der Waals surface area contributed by atoms with E-state index >= 15 is 0 Å². The van der Waals surface area contributed by atoms with Gasteiger partial charge in [0.05, 0.1) is 19.1 Å². The second kappa shape index (κ2) is 6.26. The molecule has 0 aromatic carbocycles. The highest BCUT2D eigenvalue weighted by Crippen LogP contribution is 2.09. The summed E-state index contributed by atoms with van der Waals surface area (Å²) in [5.41, 5.74) is -1.07. The molecule has 8 nitrogen and oxygen atoms in total. The third-order valence-corrected chi connectivity index (χ3v) is 1.80. The standard InChI is InChI=1S/C9H11NO7/c1-4(7(12)13)5(8(14)15)3-6(11)10-9(16)17-2/h3H2,1-2H3,(H,12,13)(H,14,15)(H,10,11,16)/b5-4+. The van der Waals surface area contributed by atoms with Crippen molar-refractivity contribution < 1.29 is 34.1 Å². The van der Waals surface area contributed by atoms with Gasteiger partial charge in [0.1, 0.15) is 0 Å². The molecule has 0 spiro atoms. The molecule has 0 aromatic heterocycles. The van der Waals surface area contributed by atoms with Crippen molar-refractivity contribution in [2.24, 2.45) is 0 Å². The Labute approximate surface area is 95.9 Å². The van der Waals surface area contributed by atoms with Gasteiger partial charge in [-0.3, -0.25) is 10.1 Å². The topological polar surface area (TPSA) is 130 Å². The number of methoxy groups -OCH3 is 1. The van der Waals surface area contributed by atoms with Crippen LogP contribution in [0.5, 0.6) is 0 Å². The summed E-state index contributed by atoms with van der Waals surface area (Å²) < 4.78 is 4.12. The number of rotatable bonds is 4. The first kappa shape index (κ1) is 14.6. The summed E-state index contributed by atoms with van der Waals surface area (Å²) >= 11 is 0. The maximum atomic E-state index is 11.2. The van der Waals surface area contributed by atoms with E-state index in [1.165, 1.54) is 0 Å². The fourth-order valence-electron chi connectivity index (χ4n) is 0.867. The predicted molar refractivity (Wildman–Crippen MR) is 53.1 cm³/mol. The summed E-state index contributed by atoms with van der Waals surface area (Å²) in [6, 6.07) is 0. The van der Waals surface area contributed by atoms with Crippen molar-refractivity contribution in [2.75, 3.05) is 7.11 Å². The zero-order valence-corrected chi connectivity index (χ0v) is 9.14. The van der Waals surface area contributed by atoms with E-state index in [2.05, 4.69) is 4.74 Å². The minimum atomic E-state index is -1.54. The van der Waals surface area contributed by atoms with Gasteiger partial charge in [-0.15, -0.1) is 0 Å². The third kappa shape index (κ3) is 4.78. The molecule has 0 aromatic rings. The van der Waals surface area contributed by atoms with Gasteiger partial charge in [-0.05, 0) is 6.92 Å². The molecule has 2 amide bonds. The molecule has 0 saturated carbocycles. The SMILES string of the molecule is COC(=O)NC(=O)C/C(C(=O)O)=C(/C)C(=O)O. The van der Waals surface area contributed by atoms with E-state index in [9.17, 15) is 19.2 Å². The van der Waals surface area contributed by atoms with Gasteiger partial charge in [0.15, 0.2) is 0 Å². The molecule has 0 heterocycles. The Morgan fingerprint density at radius 2 is 1.65 bits per heavy atom. The molecule has 0 atom stereocenters. The first-order valence-electron chi connectivity index (χ1n) is 4.33. The van der Waals surface area contributed by atoms with Crippen LogP contribution in [0, 0.1) is 0 Å². The van der Waals surface area contributed by atoms with Crippen LogP contribution in [-0.2, 0) is 19.1 Å². The third-order valence-electron chi connectivity index (χ3n) is 1.80. The van der Waals surface area contributed by atoms with Crippen molar-refractivity contribution in [3.8, 4) is 0 Å². The minimum Gasteiger partial charge on any atom is -0.478 e. The van der Waals surface area contributed by atoms with Gasteiger partial charge in [-0.25, -0.2) is 14.4 Å². The number of aliphatic carboxylic acids is 2. The van der Waals surface area contributed by atoms with E-state index in [4.69, 9.17) is 10.2 Å². The summed E-state index contributed by atoms with van der Waals surface area (Å²) in [5.74, 6) is -3.95. The number of carboxylic acid groups (broad SMARTS) is 2. The lowest BCUT2D eigenvalue weighted by Gasteiger charge is -2.05. The van der Waals surface area contributed by atoms with Gasteiger partial charge >= 0.3 is 18.0 Å². The first-order valence-corrected chi connectivity index (χ1v) is 4.33. The van der Waals surface area contributed by atoms with E-state index in [0.717, 1.165) is 14.0 Å².